The van der Waals surface area contributed by atoms with Gasteiger partial charge in [0.05, 0.1) is 11.6 Å². The summed E-state index contributed by atoms with van der Waals surface area (Å²) in [4.78, 5) is 4.54. The normalized spacial score (nSPS) is 20.5. The fraction of sp³-hybridized carbons (Fsp3) is 0.600. The maximum atomic E-state index is 12.2. The van der Waals surface area contributed by atoms with Crippen LogP contribution in [0.25, 0.3) is 0 Å². The molecule has 1 N–H and O–H groups in total. The Kier molecular flexibility index (Phi) is 6.37. The van der Waals surface area contributed by atoms with Gasteiger partial charge in [0.25, 0.3) is 0 Å². The van der Waals surface area contributed by atoms with E-state index in [1.54, 1.807) is 12.1 Å². The predicted molar refractivity (Wildman–Crippen MR) is 81.5 cm³/mol. The van der Waals surface area contributed by atoms with Gasteiger partial charge < -0.3 is 9.84 Å². The average molecular weight is 335 g/mol. The molecule has 1 aliphatic rings. The summed E-state index contributed by atoms with van der Waals surface area (Å²) in [5, 5.41) is 9.19. The molecule has 124 valence electrons. The first-order valence-electron chi connectivity index (χ1n) is 7.30. The van der Waals surface area contributed by atoms with E-state index in [9.17, 15) is 8.78 Å². The summed E-state index contributed by atoms with van der Waals surface area (Å²) in [5.41, 5.74) is 0.967. The molecule has 0 saturated carbocycles. The van der Waals surface area contributed by atoms with E-state index >= 15 is 0 Å². The number of rotatable bonds is 6. The third-order valence-electron chi connectivity index (χ3n) is 3.86. The third-order valence-corrected chi connectivity index (χ3v) is 4.16. The number of nitrogens with zero attached hydrogens (tertiary/aromatic N) is 2. The van der Waals surface area contributed by atoms with Gasteiger partial charge in [-0.2, -0.15) is 8.78 Å². The number of β-amino-alcohol motifs (C(OH)–C–C–N with tert-alkyl or cyclic N) is 1. The second kappa shape index (κ2) is 8.06. The number of hydrogen-bond acceptors (Lipinski definition) is 4. The summed E-state index contributed by atoms with van der Waals surface area (Å²) < 4.78 is 28.8. The molecule has 0 aromatic heterocycles. The van der Waals surface area contributed by atoms with Gasteiger partial charge in [-0.15, -0.1) is 0 Å². The Balaban J connectivity index is 1.95. The SMILES string of the molecule is CC1CN(CCO)CCN1Cc1ccc(OC(F)F)c(Cl)c1. The molecule has 1 unspecified atom stereocenters. The van der Waals surface area contributed by atoms with Crippen molar-refractivity contribution in [2.45, 2.75) is 26.1 Å². The van der Waals surface area contributed by atoms with E-state index < -0.39 is 6.61 Å². The van der Waals surface area contributed by atoms with Crippen LogP contribution in [0.15, 0.2) is 18.2 Å². The number of alkyl halides is 2. The number of halogens is 3. The molecule has 2 rings (SSSR count). The number of ether oxygens (including phenoxy) is 1. The standard InChI is InChI=1S/C15H21ClF2N2O2/c1-11-9-19(6-7-21)4-5-20(11)10-12-2-3-14(13(16)8-12)22-15(17)18/h2-3,8,11,15,21H,4-7,9-10H2,1H3. The van der Waals surface area contributed by atoms with Crippen LogP contribution in [-0.2, 0) is 6.54 Å². The topological polar surface area (TPSA) is 35.9 Å². The van der Waals surface area contributed by atoms with Gasteiger partial charge in [0.1, 0.15) is 5.75 Å². The highest BCUT2D eigenvalue weighted by molar-refractivity contribution is 6.32. The van der Waals surface area contributed by atoms with Gasteiger partial charge in [0.2, 0.25) is 0 Å². The van der Waals surface area contributed by atoms with Crippen LogP contribution in [0.3, 0.4) is 0 Å². The molecule has 4 nitrogen and oxygen atoms in total. The number of hydrogen-bond donors (Lipinski definition) is 1. The van der Waals surface area contributed by atoms with E-state index in [0.717, 1.165) is 25.2 Å². The van der Waals surface area contributed by atoms with Gasteiger partial charge in [-0.1, -0.05) is 17.7 Å². The van der Waals surface area contributed by atoms with Crippen molar-refractivity contribution in [3.05, 3.63) is 28.8 Å². The number of aliphatic hydroxyl groups is 1. The smallest absolute Gasteiger partial charge is 0.387 e. The van der Waals surface area contributed by atoms with Crippen LogP contribution in [0, 0.1) is 0 Å². The molecule has 1 aromatic rings. The van der Waals surface area contributed by atoms with Crippen LogP contribution in [0.1, 0.15) is 12.5 Å². The zero-order valence-electron chi connectivity index (χ0n) is 12.5. The van der Waals surface area contributed by atoms with Gasteiger partial charge in [0, 0.05) is 38.8 Å². The van der Waals surface area contributed by atoms with Crippen molar-refractivity contribution in [3.8, 4) is 5.75 Å². The lowest BCUT2D eigenvalue weighted by atomic mass is 10.1. The highest BCUT2D eigenvalue weighted by atomic mass is 35.5. The lowest BCUT2D eigenvalue weighted by Gasteiger charge is -2.39. The van der Waals surface area contributed by atoms with Crippen LogP contribution in [0.5, 0.6) is 5.75 Å². The molecule has 0 amide bonds. The average Bonchev–Trinajstić information content (AvgIpc) is 2.45. The maximum Gasteiger partial charge on any atom is 0.387 e. The molecular weight excluding hydrogens is 314 g/mol. The highest BCUT2D eigenvalue weighted by Gasteiger charge is 2.23. The van der Waals surface area contributed by atoms with E-state index in [4.69, 9.17) is 16.7 Å². The Hall–Kier alpha value is -0.950. The third kappa shape index (κ3) is 4.78. The molecule has 1 atom stereocenters. The Morgan fingerprint density at radius 3 is 2.77 bits per heavy atom. The first-order chi connectivity index (χ1) is 10.5. The fourth-order valence-electron chi connectivity index (χ4n) is 2.72. The lowest BCUT2D eigenvalue weighted by molar-refractivity contribution is -0.0498. The van der Waals surface area contributed by atoms with Crippen molar-refractivity contribution in [1.29, 1.82) is 0 Å². The molecule has 22 heavy (non-hydrogen) atoms. The fourth-order valence-corrected chi connectivity index (χ4v) is 2.97. The van der Waals surface area contributed by atoms with E-state index in [-0.39, 0.29) is 17.4 Å². The van der Waals surface area contributed by atoms with Gasteiger partial charge in [-0.3, -0.25) is 9.80 Å². The lowest BCUT2D eigenvalue weighted by Crippen LogP contribution is -2.51. The highest BCUT2D eigenvalue weighted by Crippen LogP contribution is 2.28. The summed E-state index contributed by atoms with van der Waals surface area (Å²) in [6.07, 6.45) is 0. The second-order valence-corrected chi connectivity index (χ2v) is 5.89. The van der Waals surface area contributed by atoms with Crippen LogP contribution < -0.4 is 4.74 Å². The van der Waals surface area contributed by atoms with Crippen LogP contribution in [0.2, 0.25) is 5.02 Å². The maximum absolute atomic E-state index is 12.2. The number of piperazine rings is 1. The molecule has 1 aliphatic heterocycles. The Morgan fingerprint density at radius 1 is 1.41 bits per heavy atom. The van der Waals surface area contributed by atoms with E-state index in [2.05, 4.69) is 21.5 Å². The van der Waals surface area contributed by atoms with Gasteiger partial charge in [-0.05, 0) is 24.6 Å². The van der Waals surface area contributed by atoms with Crippen molar-refractivity contribution in [2.24, 2.45) is 0 Å². The molecule has 0 radical (unpaired) electrons. The minimum absolute atomic E-state index is 0.00114. The van der Waals surface area contributed by atoms with E-state index in [0.29, 0.717) is 19.1 Å². The van der Waals surface area contributed by atoms with Gasteiger partial charge in [-0.25, -0.2) is 0 Å². The summed E-state index contributed by atoms with van der Waals surface area (Å²) in [6, 6.07) is 5.27. The molecule has 1 saturated heterocycles. The molecule has 0 bridgehead atoms. The van der Waals surface area contributed by atoms with Crippen molar-refractivity contribution >= 4 is 11.6 Å². The quantitative estimate of drug-likeness (QED) is 0.867. The van der Waals surface area contributed by atoms with Crippen LogP contribution in [0.4, 0.5) is 8.78 Å². The Morgan fingerprint density at radius 2 is 2.18 bits per heavy atom. The van der Waals surface area contributed by atoms with Gasteiger partial charge in [0.15, 0.2) is 0 Å². The second-order valence-electron chi connectivity index (χ2n) is 5.49. The molecule has 1 heterocycles. The van der Waals surface area contributed by atoms with Crippen molar-refractivity contribution in [3.63, 3.8) is 0 Å². The van der Waals surface area contributed by atoms with Crippen LogP contribution in [-0.4, -0.2) is 60.3 Å². The van der Waals surface area contributed by atoms with E-state index in [1.807, 2.05) is 0 Å². The minimum atomic E-state index is -2.87. The first-order valence-corrected chi connectivity index (χ1v) is 7.68. The largest absolute Gasteiger partial charge is 0.433 e. The molecule has 1 aromatic carbocycles. The van der Waals surface area contributed by atoms with Crippen molar-refractivity contribution in [2.75, 3.05) is 32.8 Å². The number of aliphatic hydroxyl groups excluding tert-OH is 1. The van der Waals surface area contributed by atoms with E-state index in [1.165, 1.54) is 6.07 Å². The number of benzene rings is 1. The van der Waals surface area contributed by atoms with Crippen molar-refractivity contribution < 1.29 is 18.6 Å². The Bertz CT molecular complexity index is 491. The zero-order chi connectivity index (χ0) is 16.1. The monoisotopic (exact) mass is 334 g/mol. The molecule has 0 aliphatic carbocycles. The Labute approximate surface area is 134 Å². The summed E-state index contributed by atoms with van der Waals surface area (Å²) in [5.74, 6) is 0.00114. The van der Waals surface area contributed by atoms with Crippen molar-refractivity contribution in [1.82, 2.24) is 9.80 Å². The molecule has 0 spiro atoms. The van der Waals surface area contributed by atoms with Crippen LogP contribution >= 0.6 is 11.6 Å². The first kappa shape index (κ1) is 17.4. The molecule has 7 heteroatoms. The summed E-state index contributed by atoms with van der Waals surface area (Å²) in [7, 11) is 0. The molecule has 1 fully saturated rings. The van der Waals surface area contributed by atoms with Gasteiger partial charge >= 0.3 is 6.61 Å². The predicted octanol–water partition coefficient (Wildman–Crippen LogP) is 2.44. The summed E-state index contributed by atoms with van der Waals surface area (Å²) >= 11 is 5.98. The molecular formula is C15H21ClF2N2O2. The minimum Gasteiger partial charge on any atom is -0.433 e. The zero-order valence-corrected chi connectivity index (χ0v) is 13.3. The summed E-state index contributed by atoms with van der Waals surface area (Å²) in [6.45, 7) is 3.56.